The van der Waals surface area contributed by atoms with Gasteiger partial charge in [0.05, 0.1) is 17.3 Å². The number of rotatable bonds is 4. The summed E-state index contributed by atoms with van der Waals surface area (Å²) in [5, 5.41) is 12.5. The third kappa shape index (κ3) is 2.94. The number of aliphatic hydroxyl groups is 1. The van der Waals surface area contributed by atoms with E-state index in [9.17, 15) is 5.11 Å². The zero-order valence-electron chi connectivity index (χ0n) is 12.7. The summed E-state index contributed by atoms with van der Waals surface area (Å²) in [6.07, 6.45) is 2.68. The fourth-order valence-electron chi connectivity index (χ4n) is 1.87. The summed E-state index contributed by atoms with van der Waals surface area (Å²) in [6, 6.07) is 0. The van der Waals surface area contributed by atoms with Gasteiger partial charge in [0.15, 0.2) is 0 Å². The van der Waals surface area contributed by atoms with Crippen molar-refractivity contribution in [1.82, 2.24) is 9.97 Å². The zero-order chi connectivity index (χ0) is 15.0. The van der Waals surface area contributed by atoms with E-state index in [-0.39, 0.29) is 0 Å². The van der Waals surface area contributed by atoms with Crippen molar-refractivity contribution < 1.29 is 14.4 Å². The molecule has 20 heavy (non-hydrogen) atoms. The second-order valence-electron chi connectivity index (χ2n) is 6.14. The average molecular weight is 279 g/mol. The molecule has 0 radical (unpaired) electrons. The largest absolute Gasteiger partial charge is 0.500 e. The van der Waals surface area contributed by atoms with Crippen LogP contribution in [-0.2, 0) is 9.31 Å². The molecule has 1 aromatic rings. The quantitative estimate of drug-likeness (QED) is 0.785. The smallest absolute Gasteiger partial charge is 0.399 e. The lowest BCUT2D eigenvalue weighted by molar-refractivity contribution is 0.00578. The molecule has 0 aromatic carbocycles. The van der Waals surface area contributed by atoms with E-state index in [1.807, 2.05) is 27.7 Å². The van der Waals surface area contributed by atoms with Crippen LogP contribution in [-0.4, -0.2) is 46.0 Å². The summed E-state index contributed by atoms with van der Waals surface area (Å²) in [4.78, 5) is 8.24. The number of aliphatic hydroxyl groups excluding tert-OH is 1. The highest BCUT2D eigenvalue weighted by Gasteiger charge is 2.52. The topological polar surface area (TPSA) is 76.5 Å². The molecule has 1 aromatic heterocycles. The third-order valence-electron chi connectivity index (χ3n) is 3.81. The average Bonchev–Trinajstić information content (AvgIpc) is 2.56. The summed E-state index contributed by atoms with van der Waals surface area (Å²) in [5.74, 6) is 0.624. The zero-order valence-corrected chi connectivity index (χ0v) is 12.7. The normalized spacial score (nSPS) is 21.8. The first kappa shape index (κ1) is 15.2. The molecule has 0 spiro atoms. The standard InChI is InChI=1S/C13H22BN3O3/c1-9(18)6-16-11-10(7-15-8-17-11)14-19-12(2,3)13(4,5)20-14/h7-9,18H,6H2,1-5H3,(H,15,16,17). The summed E-state index contributed by atoms with van der Waals surface area (Å²) >= 11 is 0. The Morgan fingerprint density at radius 3 is 2.45 bits per heavy atom. The Hall–Kier alpha value is -1.18. The maximum atomic E-state index is 9.37. The van der Waals surface area contributed by atoms with E-state index in [1.165, 1.54) is 6.33 Å². The van der Waals surface area contributed by atoms with Crippen LogP contribution >= 0.6 is 0 Å². The van der Waals surface area contributed by atoms with E-state index >= 15 is 0 Å². The first-order chi connectivity index (χ1) is 9.23. The molecule has 1 aliphatic heterocycles. The van der Waals surface area contributed by atoms with Gasteiger partial charge in [-0.05, 0) is 34.6 Å². The molecule has 1 atom stereocenters. The van der Waals surface area contributed by atoms with Crippen LogP contribution in [0.15, 0.2) is 12.5 Å². The Morgan fingerprint density at radius 2 is 1.90 bits per heavy atom. The minimum Gasteiger partial charge on any atom is -0.399 e. The molecule has 0 amide bonds. The third-order valence-corrected chi connectivity index (χ3v) is 3.81. The van der Waals surface area contributed by atoms with Crippen molar-refractivity contribution in [2.45, 2.75) is 51.9 Å². The number of hydrogen-bond acceptors (Lipinski definition) is 6. The highest BCUT2D eigenvalue weighted by atomic mass is 16.7. The van der Waals surface area contributed by atoms with Gasteiger partial charge in [0.25, 0.3) is 0 Å². The minimum atomic E-state index is -0.516. The van der Waals surface area contributed by atoms with Crippen LogP contribution in [0.25, 0.3) is 0 Å². The van der Waals surface area contributed by atoms with Gasteiger partial charge in [-0.25, -0.2) is 9.97 Å². The lowest BCUT2D eigenvalue weighted by atomic mass is 9.80. The van der Waals surface area contributed by atoms with Gasteiger partial charge in [-0.1, -0.05) is 0 Å². The lowest BCUT2D eigenvalue weighted by Crippen LogP contribution is -2.41. The fraction of sp³-hybridized carbons (Fsp3) is 0.692. The number of aromatic nitrogens is 2. The molecule has 110 valence electrons. The van der Waals surface area contributed by atoms with Gasteiger partial charge in [-0.3, -0.25) is 0 Å². The van der Waals surface area contributed by atoms with Crippen molar-refractivity contribution in [3.05, 3.63) is 12.5 Å². The molecule has 1 unspecified atom stereocenters. The van der Waals surface area contributed by atoms with Crippen LogP contribution in [0.5, 0.6) is 0 Å². The molecular weight excluding hydrogens is 257 g/mol. The molecule has 0 saturated carbocycles. The van der Waals surface area contributed by atoms with E-state index < -0.39 is 24.4 Å². The molecule has 7 heteroatoms. The molecule has 0 bridgehead atoms. The summed E-state index contributed by atoms with van der Waals surface area (Å²) in [6.45, 7) is 10.1. The Balaban J connectivity index is 2.22. The van der Waals surface area contributed by atoms with Crippen LogP contribution < -0.4 is 10.8 Å². The van der Waals surface area contributed by atoms with Crippen molar-refractivity contribution >= 4 is 18.4 Å². The maximum absolute atomic E-state index is 9.37. The monoisotopic (exact) mass is 279 g/mol. The van der Waals surface area contributed by atoms with Gasteiger partial charge in [-0.15, -0.1) is 0 Å². The van der Waals surface area contributed by atoms with Crippen molar-refractivity contribution in [3.8, 4) is 0 Å². The van der Waals surface area contributed by atoms with Crippen LogP contribution in [0.2, 0.25) is 0 Å². The number of nitrogens with one attached hydrogen (secondary N) is 1. The van der Waals surface area contributed by atoms with Gasteiger partial charge < -0.3 is 19.7 Å². The second kappa shape index (κ2) is 5.31. The van der Waals surface area contributed by atoms with E-state index in [0.29, 0.717) is 12.4 Å². The predicted octanol–water partition coefficient (Wildman–Crippen LogP) is 0.568. The predicted molar refractivity (Wildman–Crippen MR) is 77.9 cm³/mol. The Morgan fingerprint density at radius 1 is 1.30 bits per heavy atom. The van der Waals surface area contributed by atoms with E-state index in [2.05, 4.69) is 15.3 Å². The van der Waals surface area contributed by atoms with Crippen LogP contribution in [0.1, 0.15) is 34.6 Å². The van der Waals surface area contributed by atoms with Crippen LogP contribution in [0.4, 0.5) is 5.82 Å². The summed E-state index contributed by atoms with van der Waals surface area (Å²) < 4.78 is 12.0. The molecule has 2 N–H and O–H groups in total. The van der Waals surface area contributed by atoms with Crippen LogP contribution in [0.3, 0.4) is 0 Å². The number of nitrogens with zero attached hydrogens (tertiary/aromatic N) is 2. The Kier molecular flexibility index (Phi) is 4.04. The highest BCUT2D eigenvalue weighted by Crippen LogP contribution is 2.36. The fourth-order valence-corrected chi connectivity index (χ4v) is 1.87. The van der Waals surface area contributed by atoms with Gasteiger partial charge in [0.2, 0.25) is 0 Å². The first-order valence-electron chi connectivity index (χ1n) is 6.80. The number of hydrogen-bond donors (Lipinski definition) is 2. The van der Waals surface area contributed by atoms with E-state index in [4.69, 9.17) is 9.31 Å². The highest BCUT2D eigenvalue weighted by molar-refractivity contribution is 6.63. The van der Waals surface area contributed by atoms with Crippen molar-refractivity contribution in [1.29, 1.82) is 0 Å². The number of anilines is 1. The van der Waals surface area contributed by atoms with Crippen molar-refractivity contribution in [2.24, 2.45) is 0 Å². The second-order valence-corrected chi connectivity index (χ2v) is 6.14. The molecular formula is C13H22BN3O3. The Labute approximate surface area is 120 Å². The van der Waals surface area contributed by atoms with Gasteiger partial charge in [-0.2, -0.15) is 0 Å². The Bertz CT molecular complexity index is 464. The van der Waals surface area contributed by atoms with E-state index in [0.717, 1.165) is 5.46 Å². The molecule has 1 aliphatic rings. The lowest BCUT2D eigenvalue weighted by Gasteiger charge is -2.32. The summed E-state index contributed by atoms with van der Waals surface area (Å²) in [7, 11) is -0.516. The van der Waals surface area contributed by atoms with Crippen LogP contribution in [0, 0.1) is 0 Å². The molecule has 2 rings (SSSR count). The van der Waals surface area contributed by atoms with Gasteiger partial charge in [0, 0.05) is 18.2 Å². The van der Waals surface area contributed by atoms with Gasteiger partial charge >= 0.3 is 7.12 Å². The molecule has 2 heterocycles. The molecule has 0 aliphatic carbocycles. The van der Waals surface area contributed by atoms with Crippen molar-refractivity contribution in [2.75, 3.05) is 11.9 Å². The molecule has 6 nitrogen and oxygen atoms in total. The SMILES string of the molecule is CC(O)CNc1ncncc1B1OC(C)(C)C(C)(C)O1. The van der Waals surface area contributed by atoms with Gasteiger partial charge in [0.1, 0.15) is 12.1 Å². The van der Waals surface area contributed by atoms with Crippen molar-refractivity contribution in [3.63, 3.8) is 0 Å². The summed E-state index contributed by atoms with van der Waals surface area (Å²) in [5.41, 5.74) is -0.0730. The molecule has 1 saturated heterocycles. The maximum Gasteiger partial charge on any atom is 0.500 e. The molecule has 1 fully saturated rings. The first-order valence-corrected chi connectivity index (χ1v) is 6.80. The van der Waals surface area contributed by atoms with E-state index in [1.54, 1.807) is 13.1 Å². The minimum absolute atomic E-state index is 0.406.